The molecule has 3 nitrogen and oxygen atoms in total. The van der Waals surface area contributed by atoms with E-state index in [1.165, 1.54) is 7.11 Å². The Morgan fingerprint density at radius 2 is 2.20 bits per heavy atom. The number of hydrogen-bond donors (Lipinski definition) is 0. The molecule has 0 saturated carbocycles. The molecule has 1 aromatic carbocycles. The van der Waals surface area contributed by atoms with Crippen molar-refractivity contribution in [3.8, 4) is 17.6 Å². The number of methoxy groups -OCH3 is 1. The van der Waals surface area contributed by atoms with Crippen LogP contribution in [0.5, 0.6) is 11.5 Å². The van der Waals surface area contributed by atoms with Gasteiger partial charge in [0.25, 0.3) is 0 Å². The first kappa shape index (κ1) is 11.7. The average Bonchev–Trinajstić information content (AvgIpc) is 2.26. The third-order valence-corrected chi connectivity index (χ3v) is 2.10. The first-order valence-corrected chi connectivity index (χ1v) is 5.01. The maximum atomic E-state index is 8.92. The number of nitriles is 1. The fourth-order valence-corrected chi connectivity index (χ4v) is 1.38. The van der Waals surface area contributed by atoms with Crippen LogP contribution in [0.4, 0.5) is 0 Å². The lowest BCUT2D eigenvalue weighted by molar-refractivity contribution is 0.316. The summed E-state index contributed by atoms with van der Waals surface area (Å²) >= 11 is 5.97. The van der Waals surface area contributed by atoms with Gasteiger partial charge in [-0.15, -0.1) is 0 Å². The van der Waals surface area contributed by atoms with Crippen LogP contribution in [0.3, 0.4) is 0 Å². The molecule has 0 radical (unpaired) electrons. The molecular weight excluding hydrogens is 214 g/mol. The molecule has 0 fully saturated rings. The number of halogens is 1. The van der Waals surface area contributed by atoms with E-state index in [2.05, 4.69) is 0 Å². The van der Waals surface area contributed by atoms with E-state index in [0.29, 0.717) is 28.7 Å². The summed E-state index contributed by atoms with van der Waals surface area (Å²) in [5.41, 5.74) is 0.396. The largest absolute Gasteiger partial charge is 0.497 e. The van der Waals surface area contributed by atoms with Gasteiger partial charge >= 0.3 is 0 Å². The summed E-state index contributed by atoms with van der Waals surface area (Å²) in [6.07, 6.45) is 0.868. The summed E-state index contributed by atoms with van der Waals surface area (Å²) in [6, 6.07) is 5.27. The van der Waals surface area contributed by atoms with Gasteiger partial charge in [-0.3, -0.25) is 0 Å². The van der Waals surface area contributed by atoms with Crippen molar-refractivity contribution in [1.82, 2.24) is 0 Å². The quantitative estimate of drug-likeness (QED) is 0.791. The van der Waals surface area contributed by atoms with Gasteiger partial charge in [0.15, 0.2) is 5.75 Å². The first-order valence-electron chi connectivity index (χ1n) is 4.63. The second kappa shape index (κ2) is 5.47. The molecular formula is C11H12ClNO2. The zero-order chi connectivity index (χ0) is 11.3. The van der Waals surface area contributed by atoms with Crippen molar-refractivity contribution in [3.05, 3.63) is 22.7 Å². The highest BCUT2D eigenvalue weighted by Crippen LogP contribution is 2.33. The Labute approximate surface area is 94.2 Å². The molecule has 1 rings (SSSR count). The van der Waals surface area contributed by atoms with E-state index >= 15 is 0 Å². The molecule has 1 aromatic rings. The molecule has 0 N–H and O–H groups in total. The van der Waals surface area contributed by atoms with Gasteiger partial charge in [0.2, 0.25) is 0 Å². The highest BCUT2D eigenvalue weighted by atomic mass is 35.5. The molecule has 80 valence electrons. The molecule has 0 unspecified atom stereocenters. The lowest BCUT2D eigenvalue weighted by Gasteiger charge is -2.10. The van der Waals surface area contributed by atoms with Crippen molar-refractivity contribution in [1.29, 1.82) is 5.26 Å². The molecule has 15 heavy (non-hydrogen) atoms. The van der Waals surface area contributed by atoms with Crippen LogP contribution in [-0.4, -0.2) is 13.7 Å². The minimum atomic E-state index is 0.396. The molecule has 0 aliphatic heterocycles. The van der Waals surface area contributed by atoms with Crippen LogP contribution in [-0.2, 0) is 0 Å². The summed E-state index contributed by atoms with van der Waals surface area (Å²) in [5.74, 6) is 0.988. The van der Waals surface area contributed by atoms with Crippen molar-refractivity contribution in [2.75, 3.05) is 13.7 Å². The van der Waals surface area contributed by atoms with Gasteiger partial charge in [-0.2, -0.15) is 5.26 Å². The standard InChI is InChI=1S/C11H12ClNO2/c1-3-4-15-11-8(7-13)5-9(14-2)6-10(11)12/h5-6H,3-4H2,1-2H3. The zero-order valence-electron chi connectivity index (χ0n) is 8.71. The number of rotatable bonds is 4. The Bertz CT molecular complexity index is 385. The average molecular weight is 226 g/mol. The predicted molar refractivity (Wildman–Crippen MR) is 58.5 cm³/mol. The Morgan fingerprint density at radius 1 is 1.47 bits per heavy atom. The van der Waals surface area contributed by atoms with Gasteiger partial charge in [-0.05, 0) is 6.42 Å². The minimum absolute atomic E-state index is 0.396. The van der Waals surface area contributed by atoms with Gasteiger partial charge < -0.3 is 9.47 Å². The fourth-order valence-electron chi connectivity index (χ4n) is 1.12. The molecule has 0 atom stereocenters. The van der Waals surface area contributed by atoms with Crippen molar-refractivity contribution >= 4 is 11.6 Å². The first-order chi connectivity index (χ1) is 7.22. The van der Waals surface area contributed by atoms with E-state index in [1.54, 1.807) is 12.1 Å². The topological polar surface area (TPSA) is 42.2 Å². The lowest BCUT2D eigenvalue weighted by atomic mass is 10.2. The van der Waals surface area contributed by atoms with Gasteiger partial charge in [0.05, 0.1) is 24.3 Å². The Balaban J connectivity index is 3.08. The third kappa shape index (κ3) is 2.77. The van der Waals surface area contributed by atoms with Crippen molar-refractivity contribution in [2.45, 2.75) is 13.3 Å². The summed E-state index contributed by atoms with van der Waals surface area (Å²) in [6.45, 7) is 2.53. The van der Waals surface area contributed by atoms with Crippen molar-refractivity contribution < 1.29 is 9.47 Å². The molecule has 0 spiro atoms. The van der Waals surface area contributed by atoms with E-state index in [1.807, 2.05) is 13.0 Å². The monoisotopic (exact) mass is 225 g/mol. The predicted octanol–water partition coefficient (Wildman–Crippen LogP) is 3.01. The Kier molecular flexibility index (Phi) is 4.26. The van der Waals surface area contributed by atoms with Crippen molar-refractivity contribution in [2.24, 2.45) is 0 Å². The van der Waals surface area contributed by atoms with Crippen LogP contribution in [0.2, 0.25) is 5.02 Å². The molecule has 4 heteroatoms. The van der Waals surface area contributed by atoms with E-state index in [-0.39, 0.29) is 0 Å². The number of benzene rings is 1. The Hall–Kier alpha value is -1.40. The molecule has 0 bridgehead atoms. The number of nitrogens with zero attached hydrogens (tertiary/aromatic N) is 1. The SMILES string of the molecule is CCCOc1c(Cl)cc(OC)cc1C#N. The highest BCUT2D eigenvalue weighted by Gasteiger charge is 2.10. The van der Waals surface area contributed by atoms with Gasteiger partial charge in [0.1, 0.15) is 11.8 Å². The zero-order valence-corrected chi connectivity index (χ0v) is 9.47. The lowest BCUT2D eigenvalue weighted by Crippen LogP contribution is -1.98. The van der Waals surface area contributed by atoms with Crippen LogP contribution in [0.1, 0.15) is 18.9 Å². The van der Waals surface area contributed by atoms with Crippen LogP contribution >= 0.6 is 11.6 Å². The van der Waals surface area contributed by atoms with E-state index in [0.717, 1.165) is 6.42 Å². The summed E-state index contributed by atoms with van der Waals surface area (Å²) < 4.78 is 10.4. The Morgan fingerprint density at radius 3 is 2.73 bits per heavy atom. The smallest absolute Gasteiger partial charge is 0.155 e. The van der Waals surface area contributed by atoms with Crippen LogP contribution in [0.15, 0.2) is 12.1 Å². The number of hydrogen-bond acceptors (Lipinski definition) is 3. The second-order valence-corrected chi connectivity index (χ2v) is 3.35. The number of ether oxygens (including phenoxy) is 2. The normalized spacial score (nSPS) is 9.47. The van der Waals surface area contributed by atoms with Gasteiger partial charge in [-0.1, -0.05) is 18.5 Å². The molecule has 0 aliphatic rings. The maximum Gasteiger partial charge on any atom is 0.155 e. The van der Waals surface area contributed by atoms with E-state index in [9.17, 15) is 0 Å². The summed E-state index contributed by atoms with van der Waals surface area (Å²) in [4.78, 5) is 0. The molecule has 0 saturated heterocycles. The summed E-state index contributed by atoms with van der Waals surface area (Å²) in [7, 11) is 1.53. The minimum Gasteiger partial charge on any atom is -0.497 e. The summed E-state index contributed by atoms with van der Waals surface area (Å²) in [5, 5.41) is 9.32. The molecule has 0 aromatic heterocycles. The van der Waals surface area contributed by atoms with Crippen LogP contribution in [0.25, 0.3) is 0 Å². The highest BCUT2D eigenvalue weighted by molar-refractivity contribution is 6.32. The van der Waals surface area contributed by atoms with Crippen LogP contribution in [0, 0.1) is 11.3 Å². The van der Waals surface area contributed by atoms with Gasteiger partial charge in [0, 0.05) is 12.1 Å². The van der Waals surface area contributed by atoms with E-state index < -0.39 is 0 Å². The third-order valence-electron chi connectivity index (χ3n) is 1.82. The van der Waals surface area contributed by atoms with Crippen LogP contribution < -0.4 is 9.47 Å². The molecule has 0 heterocycles. The van der Waals surface area contributed by atoms with Gasteiger partial charge in [-0.25, -0.2) is 0 Å². The van der Waals surface area contributed by atoms with E-state index in [4.69, 9.17) is 26.3 Å². The molecule has 0 amide bonds. The maximum absolute atomic E-state index is 8.92. The fraction of sp³-hybridized carbons (Fsp3) is 0.364. The molecule has 0 aliphatic carbocycles. The van der Waals surface area contributed by atoms with Crippen molar-refractivity contribution in [3.63, 3.8) is 0 Å². The second-order valence-electron chi connectivity index (χ2n) is 2.95.